The van der Waals surface area contributed by atoms with Crippen molar-refractivity contribution < 1.29 is 9.59 Å². The molecule has 1 fully saturated rings. The Hall–Kier alpha value is -2.22. The van der Waals surface area contributed by atoms with E-state index in [0.29, 0.717) is 18.4 Å². The SMILES string of the molecule is CC1(C)CC(=O)C(=Cc2cccc3ccccc23)C(=O)C1. The van der Waals surface area contributed by atoms with E-state index < -0.39 is 0 Å². The molecule has 1 aliphatic rings. The molecule has 0 amide bonds. The average Bonchev–Trinajstić information content (AvgIpc) is 2.42. The fourth-order valence-electron chi connectivity index (χ4n) is 2.97. The van der Waals surface area contributed by atoms with Crippen molar-refractivity contribution in [3.63, 3.8) is 0 Å². The summed E-state index contributed by atoms with van der Waals surface area (Å²) >= 11 is 0. The number of fused-ring (bicyclic) bond motifs is 1. The summed E-state index contributed by atoms with van der Waals surface area (Å²) < 4.78 is 0. The van der Waals surface area contributed by atoms with Crippen molar-refractivity contribution >= 4 is 28.4 Å². The van der Waals surface area contributed by atoms with Crippen LogP contribution in [-0.4, -0.2) is 11.6 Å². The molecule has 2 aromatic rings. The number of hydrogen-bond acceptors (Lipinski definition) is 2. The van der Waals surface area contributed by atoms with E-state index in [9.17, 15) is 9.59 Å². The lowest BCUT2D eigenvalue weighted by Gasteiger charge is -2.28. The monoisotopic (exact) mass is 278 g/mol. The third kappa shape index (κ3) is 2.66. The van der Waals surface area contributed by atoms with Gasteiger partial charge in [0, 0.05) is 12.8 Å². The number of allylic oxidation sites excluding steroid dienone is 1. The maximum absolute atomic E-state index is 12.3. The van der Waals surface area contributed by atoms with Crippen molar-refractivity contribution in [1.29, 1.82) is 0 Å². The second kappa shape index (κ2) is 4.96. The number of Topliss-reactive ketones (excluding diaryl/α,β-unsaturated/α-hetero) is 2. The van der Waals surface area contributed by atoms with Crippen LogP contribution in [0.5, 0.6) is 0 Å². The van der Waals surface area contributed by atoms with E-state index in [4.69, 9.17) is 0 Å². The van der Waals surface area contributed by atoms with Gasteiger partial charge in [-0.15, -0.1) is 0 Å². The van der Waals surface area contributed by atoms with E-state index in [0.717, 1.165) is 16.3 Å². The van der Waals surface area contributed by atoms with Crippen LogP contribution in [-0.2, 0) is 9.59 Å². The number of rotatable bonds is 1. The molecule has 106 valence electrons. The highest BCUT2D eigenvalue weighted by atomic mass is 16.1. The fraction of sp³-hybridized carbons (Fsp3) is 0.263. The number of hydrogen-bond donors (Lipinski definition) is 0. The molecule has 0 aromatic heterocycles. The summed E-state index contributed by atoms with van der Waals surface area (Å²) in [6.07, 6.45) is 2.65. The first kappa shape index (κ1) is 13.7. The van der Waals surface area contributed by atoms with Gasteiger partial charge in [-0.3, -0.25) is 9.59 Å². The minimum absolute atomic E-state index is 0.0378. The van der Waals surface area contributed by atoms with Crippen LogP contribution in [0.3, 0.4) is 0 Å². The lowest BCUT2D eigenvalue weighted by Crippen LogP contribution is -2.31. The molecule has 21 heavy (non-hydrogen) atoms. The van der Waals surface area contributed by atoms with E-state index in [-0.39, 0.29) is 17.0 Å². The minimum Gasteiger partial charge on any atom is -0.294 e. The van der Waals surface area contributed by atoms with Gasteiger partial charge in [0.25, 0.3) is 0 Å². The molecule has 1 saturated carbocycles. The lowest BCUT2D eigenvalue weighted by molar-refractivity contribution is -0.127. The molecule has 3 rings (SSSR count). The van der Waals surface area contributed by atoms with Crippen molar-refractivity contribution in [1.82, 2.24) is 0 Å². The Morgan fingerprint density at radius 2 is 1.52 bits per heavy atom. The summed E-state index contributed by atoms with van der Waals surface area (Å²) in [6, 6.07) is 13.9. The quantitative estimate of drug-likeness (QED) is 0.579. The maximum atomic E-state index is 12.3. The van der Waals surface area contributed by atoms with Gasteiger partial charge in [0.05, 0.1) is 5.57 Å². The molecule has 0 radical (unpaired) electrons. The zero-order valence-electron chi connectivity index (χ0n) is 12.3. The molecule has 0 spiro atoms. The molecule has 2 heteroatoms. The van der Waals surface area contributed by atoms with Crippen LogP contribution in [0.15, 0.2) is 48.0 Å². The first-order valence-corrected chi connectivity index (χ1v) is 7.22. The Morgan fingerprint density at radius 1 is 0.905 bits per heavy atom. The van der Waals surface area contributed by atoms with E-state index in [2.05, 4.69) is 0 Å². The lowest BCUT2D eigenvalue weighted by atomic mass is 9.73. The summed E-state index contributed by atoms with van der Waals surface area (Å²) in [6.45, 7) is 3.94. The first-order chi connectivity index (χ1) is 9.96. The third-order valence-electron chi connectivity index (χ3n) is 4.00. The summed E-state index contributed by atoms with van der Waals surface area (Å²) in [5, 5.41) is 2.18. The Labute approximate surface area is 124 Å². The summed E-state index contributed by atoms with van der Waals surface area (Å²) in [5.74, 6) is -0.0756. The molecule has 1 aliphatic carbocycles. The molecular formula is C19H18O2. The minimum atomic E-state index is -0.218. The Morgan fingerprint density at radius 3 is 2.24 bits per heavy atom. The normalized spacial score (nSPS) is 18.1. The van der Waals surface area contributed by atoms with E-state index >= 15 is 0 Å². The standard InChI is InChI=1S/C19H18O2/c1-19(2)11-17(20)16(18(21)12-19)10-14-8-5-7-13-6-3-4-9-15(13)14/h3-10H,11-12H2,1-2H3. The van der Waals surface area contributed by atoms with Gasteiger partial charge in [-0.2, -0.15) is 0 Å². The van der Waals surface area contributed by atoms with E-state index in [1.807, 2.05) is 56.3 Å². The molecular weight excluding hydrogens is 260 g/mol. The smallest absolute Gasteiger partial charge is 0.167 e. The Kier molecular flexibility index (Phi) is 3.25. The van der Waals surface area contributed by atoms with Gasteiger partial charge in [0.1, 0.15) is 0 Å². The molecule has 0 N–H and O–H groups in total. The third-order valence-corrected chi connectivity index (χ3v) is 4.00. The van der Waals surface area contributed by atoms with Crippen LogP contribution in [0.4, 0.5) is 0 Å². The van der Waals surface area contributed by atoms with Crippen LogP contribution < -0.4 is 0 Å². The van der Waals surface area contributed by atoms with Crippen molar-refractivity contribution in [2.24, 2.45) is 5.41 Å². The van der Waals surface area contributed by atoms with Gasteiger partial charge >= 0.3 is 0 Å². The van der Waals surface area contributed by atoms with Crippen molar-refractivity contribution in [3.05, 3.63) is 53.6 Å². The van der Waals surface area contributed by atoms with Crippen molar-refractivity contribution in [3.8, 4) is 0 Å². The van der Waals surface area contributed by atoms with E-state index in [1.165, 1.54) is 0 Å². The second-order valence-electron chi connectivity index (χ2n) is 6.49. The molecule has 2 aromatic carbocycles. The van der Waals surface area contributed by atoms with Gasteiger partial charge in [-0.1, -0.05) is 56.3 Å². The van der Waals surface area contributed by atoms with Crippen LogP contribution in [0.25, 0.3) is 16.8 Å². The first-order valence-electron chi connectivity index (χ1n) is 7.22. The molecule has 0 aliphatic heterocycles. The van der Waals surface area contributed by atoms with Crippen LogP contribution >= 0.6 is 0 Å². The fourth-order valence-corrected chi connectivity index (χ4v) is 2.97. The molecule has 0 bridgehead atoms. The largest absolute Gasteiger partial charge is 0.294 e. The van der Waals surface area contributed by atoms with Crippen LogP contribution in [0, 0.1) is 5.41 Å². The predicted molar refractivity (Wildman–Crippen MR) is 85.0 cm³/mol. The summed E-state index contributed by atoms with van der Waals surface area (Å²) in [5.41, 5.74) is 1.07. The summed E-state index contributed by atoms with van der Waals surface area (Å²) in [4.78, 5) is 24.5. The molecule has 2 nitrogen and oxygen atoms in total. The average molecular weight is 278 g/mol. The molecule has 0 atom stereocenters. The number of benzene rings is 2. The van der Waals surface area contributed by atoms with Crippen LogP contribution in [0.1, 0.15) is 32.3 Å². The number of carbonyl (C=O) groups excluding carboxylic acids is 2. The van der Waals surface area contributed by atoms with Crippen LogP contribution in [0.2, 0.25) is 0 Å². The highest BCUT2D eigenvalue weighted by Crippen LogP contribution is 2.34. The van der Waals surface area contributed by atoms with Crippen molar-refractivity contribution in [2.45, 2.75) is 26.7 Å². The Bertz CT molecular complexity index is 739. The van der Waals surface area contributed by atoms with Crippen molar-refractivity contribution in [2.75, 3.05) is 0 Å². The van der Waals surface area contributed by atoms with Gasteiger partial charge in [-0.25, -0.2) is 0 Å². The highest BCUT2D eigenvalue weighted by molar-refractivity contribution is 6.25. The van der Waals surface area contributed by atoms with Gasteiger partial charge in [0.15, 0.2) is 11.6 Å². The van der Waals surface area contributed by atoms with Gasteiger partial charge in [0.2, 0.25) is 0 Å². The summed E-state index contributed by atoms with van der Waals surface area (Å²) in [7, 11) is 0. The predicted octanol–water partition coefficient (Wildman–Crippen LogP) is 4.18. The highest BCUT2D eigenvalue weighted by Gasteiger charge is 2.35. The number of carbonyl (C=O) groups is 2. The van der Waals surface area contributed by atoms with Gasteiger partial charge in [-0.05, 0) is 27.8 Å². The Balaban J connectivity index is 2.08. The topological polar surface area (TPSA) is 34.1 Å². The van der Waals surface area contributed by atoms with E-state index in [1.54, 1.807) is 6.08 Å². The molecule has 0 saturated heterocycles. The second-order valence-corrected chi connectivity index (χ2v) is 6.49. The zero-order chi connectivity index (χ0) is 15.0. The van der Waals surface area contributed by atoms with Gasteiger partial charge < -0.3 is 0 Å². The maximum Gasteiger partial charge on any atom is 0.167 e. The molecule has 0 unspecified atom stereocenters. The molecule has 0 heterocycles. The number of ketones is 2. The zero-order valence-corrected chi connectivity index (χ0v) is 12.3.